The Morgan fingerprint density at radius 3 is 2.26 bits per heavy atom. The van der Waals surface area contributed by atoms with Gasteiger partial charge in [0.25, 0.3) is 11.8 Å². The molecule has 0 bridgehead atoms. The highest BCUT2D eigenvalue weighted by Crippen LogP contribution is 2.20. The van der Waals surface area contributed by atoms with Crippen molar-refractivity contribution in [3.63, 3.8) is 0 Å². The minimum absolute atomic E-state index is 0.175. The molecular formula is C24H26N2O5. The lowest BCUT2D eigenvalue weighted by Gasteiger charge is -2.16. The number of nitrogens with one attached hydrogen (secondary N) is 2. The van der Waals surface area contributed by atoms with Crippen molar-refractivity contribution in [1.29, 1.82) is 0 Å². The monoisotopic (exact) mass is 422 g/mol. The van der Waals surface area contributed by atoms with E-state index in [1.807, 2.05) is 19.1 Å². The second-order valence-electron chi connectivity index (χ2n) is 7.13. The summed E-state index contributed by atoms with van der Waals surface area (Å²) in [6.45, 7) is 2.15. The van der Waals surface area contributed by atoms with Gasteiger partial charge in [-0.05, 0) is 74.7 Å². The van der Waals surface area contributed by atoms with Crippen LogP contribution in [0.4, 0.5) is 11.4 Å². The van der Waals surface area contributed by atoms with Crippen LogP contribution >= 0.6 is 0 Å². The predicted molar refractivity (Wildman–Crippen MR) is 118 cm³/mol. The Morgan fingerprint density at radius 2 is 1.61 bits per heavy atom. The molecule has 2 aromatic carbocycles. The molecule has 1 aliphatic rings. The van der Waals surface area contributed by atoms with Crippen LogP contribution < -0.4 is 15.4 Å². The number of allylic oxidation sites excluding steroid dienone is 2. The zero-order chi connectivity index (χ0) is 22.1. The molecule has 3 rings (SSSR count). The number of rotatable bonds is 8. The minimum atomic E-state index is -0.425. The van der Waals surface area contributed by atoms with E-state index in [2.05, 4.69) is 10.6 Å². The maximum Gasteiger partial charge on any atom is 0.309 e. The number of anilines is 2. The van der Waals surface area contributed by atoms with Gasteiger partial charge in [-0.25, -0.2) is 0 Å². The van der Waals surface area contributed by atoms with Gasteiger partial charge >= 0.3 is 5.97 Å². The first kappa shape index (κ1) is 22.1. The summed E-state index contributed by atoms with van der Waals surface area (Å²) in [5, 5.41) is 5.47. The third kappa shape index (κ3) is 6.70. The predicted octanol–water partition coefficient (Wildman–Crippen LogP) is 4.18. The lowest BCUT2D eigenvalue weighted by Crippen LogP contribution is -2.25. The molecule has 0 aliphatic heterocycles. The Bertz CT molecular complexity index is 935. The Hall–Kier alpha value is -3.61. The fraction of sp³-hybridized carbons (Fsp3) is 0.292. The van der Waals surface area contributed by atoms with Crippen LogP contribution in [-0.2, 0) is 14.3 Å². The summed E-state index contributed by atoms with van der Waals surface area (Å²) < 4.78 is 10.5. The number of ether oxygens (including phenoxy) is 2. The molecule has 0 aromatic heterocycles. The molecule has 0 saturated carbocycles. The van der Waals surface area contributed by atoms with Crippen LogP contribution in [0.25, 0.3) is 0 Å². The minimum Gasteiger partial charge on any atom is -0.494 e. The van der Waals surface area contributed by atoms with Gasteiger partial charge < -0.3 is 20.1 Å². The lowest BCUT2D eigenvalue weighted by molar-refractivity contribution is -0.151. The Morgan fingerprint density at radius 1 is 0.935 bits per heavy atom. The molecule has 1 aliphatic carbocycles. The van der Waals surface area contributed by atoms with Crippen molar-refractivity contribution in [2.45, 2.75) is 26.2 Å². The molecule has 0 saturated heterocycles. The number of hydrogen-bond acceptors (Lipinski definition) is 5. The summed E-state index contributed by atoms with van der Waals surface area (Å²) in [6, 6.07) is 13.6. The topological polar surface area (TPSA) is 93.7 Å². The largest absolute Gasteiger partial charge is 0.494 e. The third-order valence-corrected chi connectivity index (χ3v) is 4.80. The highest BCUT2D eigenvalue weighted by atomic mass is 16.5. The van der Waals surface area contributed by atoms with Crippen molar-refractivity contribution in [2.75, 3.05) is 23.8 Å². The zero-order valence-electron chi connectivity index (χ0n) is 17.4. The number of benzene rings is 2. The normalized spacial score (nSPS) is 15.1. The van der Waals surface area contributed by atoms with Crippen molar-refractivity contribution >= 4 is 29.2 Å². The maximum atomic E-state index is 12.4. The molecule has 2 aromatic rings. The highest BCUT2D eigenvalue weighted by Gasteiger charge is 2.21. The van der Waals surface area contributed by atoms with Gasteiger partial charge in [-0.1, -0.05) is 12.2 Å². The smallest absolute Gasteiger partial charge is 0.309 e. The Balaban J connectivity index is 1.46. The van der Waals surface area contributed by atoms with E-state index in [0.717, 1.165) is 18.6 Å². The van der Waals surface area contributed by atoms with Crippen LogP contribution in [0.1, 0.15) is 36.5 Å². The molecule has 7 nitrogen and oxygen atoms in total. The van der Waals surface area contributed by atoms with E-state index in [-0.39, 0.29) is 24.4 Å². The molecule has 31 heavy (non-hydrogen) atoms. The first-order chi connectivity index (χ1) is 15.0. The van der Waals surface area contributed by atoms with Crippen molar-refractivity contribution in [2.24, 2.45) is 5.92 Å². The van der Waals surface area contributed by atoms with Crippen LogP contribution in [0.3, 0.4) is 0 Å². The van der Waals surface area contributed by atoms with E-state index in [9.17, 15) is 14.4 Å². The number of amides is 2. The van der Waals surface area contributed by atoms with Crippen LogP contribution in [0.2, 0.25) is 0 Å². The number of esters is 1. The molecule has 0 fully saturated rings. The van der Waals surface area contributed by atoms with Crippen LogP contribution in [0.5, 0.6) is 5.75 Å². The molecule has 0 spiro atoms. The molecular weight excluding hydrogens is 396 g/mol. The van der Waals surface area contributed by atoms with E-state index in [1.54, 1.807) is 48.5 Å². The molecule has 0 radical (unpaired) electrons. The average Bonchev–Trinajstić information content (AvgIpc) is 2.80. The van der Waals surface area contributed by atoms with Gasteiger partial charge in [0.2, 0.25) is 0 Å². The summed E-state index contributed by atoms with van der Waals surface area (Å²) in [5.74, 6) is -0.475. The Labute approximate surface area is 181 Å². The quantitative estimate of drug-likeness (QED) is 0.492. The molecule has 0 unspecified atom stereocenters. The first-order valence-electron chi connectivity index (χ1n) is 10.3. The SMILES string of the molecule is CCOc1ccc(NC(=O)c2ccc(NC(=O)COC(=O)[C@H]3CC=CCC3)cc2)cc1. The fourth-order valence-electron chi connectivity index (χ4n) is 3.17. The number of carbonyl (C=O) groups excluding carboxylic acids is 3. The van der Waals surface area contributed by atoms with Gasteiger partial charge in [0.05, 0.1) is 12.5 Å². The second-order valence-corrected chi connectivity index (χ2v) is 7.13. The second kappa shape index (κ2) is 11.0. The first-order valence-corrected chi connectivity index (χ1v) is 10.3. The van der Waals surface area contributed by atoms with Crippen molar-refractivity contribution in [1.82, 2.24) is 0 Å². The summed E-state index contributed by atoms with van der Waals surface area (Å²) in [5.41, 5.74) is 1.61. The fourth-order valence-corrected chi connectivity index (χ4v) is 3.17. The highest BCUT2D eigenvalue weighted by molar-refractivity contribution is 6.04. The van der Waals surface area contributed by atoms with E-state index < -0.39 is 5.91 Å². The van der Waals surface area contributed by atoms with Gasteiger partial charge in [-0.2, -0.15) is 0 Å². The summed E-state index contributed by atoms with van der Waals surface area (Å²) >= 11 is 0. The van der Waals surface area contributed by atoms with Gasteiger partial charge in [0.1, 0.15) is 5.75 Å². The van der Waals surface area contributed by atoms with Gasteiger partial charge in [0.15, 0.2) is 6.61 Å². The lowest BCUT2D eigenvalue weighted by atomic mass is 9.95. The molecule has 0 heterocycles. The van der Waals surface area contributed by atoms with Crippen molar-refractivity contribution in [3.05, 3.63) is 66.2 Å². The van der Waals surface area contributed by atoms with Crippen LogP contribution in [0.15, 0.2) is 60.7 Å². The van der Waals surface area contributed by atoms with Gasteiger partial charge in [-0.3, -0.25) is 14.4 Å². The van der Waals surface area contributed by atoms with E-state index in [1.165, 1.54) is 0 Å². The molecule has 2 amide bonds. The maximum absolute atomic E-state index is 12.4. The summed E-state index contributed by atoms with van der Waals surface area (Å²) in [6.07, 6.45) is 6.25. The van der Waals surface area contributed by atoms with Crippen LogP contribution in [-0.4, -0.2) is 31.0 Å². The molecule has 7 heteroatoms. The summed E-state index contributed by atoms with van der Waals surface area (Å²) in [7, 11) is 0. The standard InChI is InChI=1S/C24H26N2O5/c1-2-30-21-14-12-20(13-15-21)26-23(28)17-8-10-19(11-9-17)25-22(27)16-31-24(29)18-6-4-3-5-7-18/h3-4,8-15,18H,2,5-7,16H2,1H3,(H,25,27)(H,26,28)/t18-/m0/s1. The van der Waals surface area contributed by atoms with Gasteiger partial charge in [0, 0.05) is 16.9 Å². The van der Waals surface area contributed by atoms with Crippen LogP contribution in [0, 0.1) is 5.92 Å². The average molecular weight is 422 g/mol. The van der Waals surface area contributed by atoms with E-state index in [4.69, 9.17) is 9.47 Å². The van der Waals surface area contributed by atoms with E-state index in [0.29, 0.717) is 30.0 Å². The number of hydrogen-bond donors (Lipinski definition) is 2. The van der Waals surface area contributed by atoms with Crippen molar-refractivity contribution in [3.8, 4) is 5.75 Å². The molecule has 1 atom stereocenters. The zero-order valence-corrected chi connectivity index (χ0v) is 17.4. The van der Waals surface area contributed by atoms with Crippen molar-refractivity contribution < 1.29 is 23.9 Å². The Kier molecular flexibility index (Phi) is 7.81. The molecule has 162 valence electrons. The number of carbonyl (C=O) groups is 3. The van der Waals surface area contributed by atoms with E-state index >= 15 is 0 Å². The summed E-state index contributed by atoms with van der Waals surface area (Å²) in [4.78, 5) is 36.4. The van der Waals surface area contributed by atoms with Gasteiger partial charge in [-0.15, -0.1) is 0 Å². The molecule has 2 N–H and O–H groups in total. The third-order valence-electron chi connectivity index (χ3n) is 4.80.